The summed E-state index contributed by atoms with van der Waals surface area (Å²) in [5, 5.41) is 4.04. The standard InChI is InChI=1S/C27H31N3O4/c1-27(26(32)28-17-22-9-6-14-34-22)18-29-23-16-21(33-2)11-10-20(23)15-24(29)25(31)30(27)13-12-19-7-4-3-5-8-19/h3-5,7-8,10-11,15-16,22H,6,9,12-14,17-18H2,1-2H3,(H,28,32)/t22-,27-/m0/s1. The molecule has 0 saturated carbocycles. The third-order valence-corrected chi connectivity index (χ3v) is 7.11. The van der Waals surface area contributed by atoms with E-state index in [2.05, 4.69) is 5.32 Å². The lowest BCUT2D eigenvalue weighted by Crippen LogP contribution is -2.64. The van der Waals surface area contributed by atoms with Crippen molar-refractivity contribution in [2.24, 2.45) is 0 Å². The van der Waals surface area contributed by atoms with E-state index in [0.717, 1.165) is 41.7 Å². The summed E-state index contributed by atoms with van der Waals surface area (Å²) in [5.74, 6) is 0.434. The van der Waals surface area contributed by atoms with E-state index in [9.17, 15) is 9.59 Å². The molecule has 1 saturated heterocycles. The lowest BCUT2D eigenvalue weighted by Gasteiger charge is -2.44. The minimum Gasteiger partial charge on any atom is -0.497 e. The molecule has 0 spiro atoms. The second-order valence-electron chi connectivity index (χ2n) is 9.35. The van der Waals surface area contributed by atoms with E-state index in [1.54, 1.807) is 12.0 Å². The van der Waals surface area contributed by atoms with Crippen molar-refractivity contribution in [1.29, 1.82) is 0 Å². The monoisotopic (exact) mass is 461 g/mol. The molecule has 7 heteroatoms. The summed E-state index contributed by atoms with van der Waals surface area (Å²) >= 11 is 0. The normalized spacial score (nSPS) is 22.1. The Morgan fingerprint density at radius 1 is 1.21 bits per heavy atom. The predicted octanol–water partition coefficient (Wildman–Crippen LogP) is 3.40. The van der Waals surface area contributed by atoms with Gasteiger partial charge in [-0.25, -0.2) is 0 Å². The molecule has 2 atom stereocenters. The van der Waals surface area contributed by atoms with Crippen molar-refractivity contribution in [3.05, 3.63) is 65.9 Å². The van der Waals surface area contributed by atoms with Crippen LogP contribution in [0.25, 0.3) is 10.9 Å². The molecule has 1 N–H and O–H groups in total. The minimum atomic E-state index is -1.04. The van der Waals surface area contributed by atoms with Crippen molar-refractivity contribution in [3.63, 3.8) is 0 Å². The number of ether oxygens (including phenoxy) is 2. The third kappa shape index (κ3) is 4.05. The number of fused-ring (bicyclic) bond motifs is 3. The predicted molar refractivity (Wildman–Crippen MR) is 130 cm³/mol. The number of rotatable bonds is 7. The molecule has 2 aromatic carbocycles. The zero-order valence-electron chi connectivity index (χ0n) is 19.8. The number of benzene rings is 2. The van der Waals surface area contributed by atoms with Gasteiger partial charge in [0.05, 0.1) is 25.3 Å². The number of amides is 2. The lowest BCUT2D eigenvalue weighted by molar-refractivity contribution is -0.133. The van der Waals surface area contributed by atoms with Crippen molar-refractivity contribution >= 4 is 22.7 Å². The van der Waals surface area contributed by atoms with Gasteiger partial charge in [0, 0.05) is 31.1 Å². The first-order valence-electron chi connectivity index (χ1n) is 11.9. The average Bonchev–Trinajstić information content (AvgIpc) is 3.50. The fourth-order valence-corrected chi connectivity index (χ4v) is 5.09. The number of hydrogen-bond acceptors (Lipinski definition) is 4. The molecule has 0 radical (unpaired) electrons. The Morgan fingerprint density at radius 2 is 2.03 bits per heavy atom. The van der Waals surface area contributed by atoms with E-state index >= 15 is 0 Å². The van der Waals surface area contributed by atoms with Gasteiger partial charge in [-0.2, -0.15) is 0 Å². The fraction of sp³-hybridized carbons (Fsp3) is 0.407. The number of nitrogens with zero attached hydrogens (tertiary/aromatic N) is 2. The summed E-state index contributed by atoms with van der Waals surface area (Å²) in [6.45, 7) is 3.90. The Balaban J connectivity index is 1.49. The van der Waals surface area contributed by atoms with Crippen LogP contribution < -0.4 is 10.1 Å². The zero-order valence-corrected chi connectivity index (χ0v) is 19.8. The topological polar surface area (TPSA) is 72.8 Å². The van der Waals surface area contributed by atoms with Crippen LogP contribution in [-0.2, 0) is 22.5 Å². The molecule has 0 aliphatic carbocycles. The van der Waals surface area contributed by atoms with Crippen molar-refractivity contribution in [3.8, 4) is 5.75 Å². The molecular formula is C27H31N3O4. The van der Waals surface area contributed by atoms with Crippen molar-refractivity contribution in [2.75, 3.05) is 26.8 Å². The lowest BCUT2D eigenvalue weighted by atomic mass is 9.93. The summed E-state index contributed by atoms with van der Waals surface area (Å²) in [5.41, 5.74) is 1.59. The van der Waals surface area contributed by atoms with E-state index in [1.807, 2.05) is 66.1 Å². The highest BCUT2D eigenvalue weighted by Crippen LogP contribution is 2.34. The second-order valence-corrected chi connectivity index (χ2v) is 9.35. The van der Waals surface area contributed by atoms with Gasteiger partial charge in [-0.3, -0.25) is 9.59 Å². The molecular weight excluding hydrogens is 430 g/mol. The third-order valence-electron chi connectivity index (χ3n) is 7.11. The van der Waals surface area contributed by atoms with Gasteiger partial charge in [0.2, 0.25) is 5.91 Å². The Bertz CT molecular complexity index is 1200. The Morgan fingerprint density at radius 3 is 2.76 bits per heavy atom. The molecule has 178 valence electrons. The molecule has 0 bridgehead atoms. The minimum absolute atomic E-state index is 0.0387. The molecule has 3 aromatic rings. The molecule has 3 heterocycles. The molecule has 2 aliphatic heterocycles. The highest BCUT2D eigenvalue weighted by Gasteiger charge is 2.47. The first kappa shape index (κ1) is 22.5. The van der Waals surface area contributed by atoms with Crippen LogP contribution in [0.2, 0.25) is 0 Å². The van der Waals surface area contributed by atoms with E-state index in [1.165, 1.54) is 0 Å². The average molecular weight is 462 g/mol. The van der Waals surface area contributed by atoms with Gasteiger partial charge in [-0.1, -0.05) is 30.3 Å². The van der Waals surface area contributed by atoms with Gasteiger partial charge in [0.1, 0.15) is 17.0 Å². The van der Waals surface area contributed by atoms with Gasteiger partial charge in [0.25, 0.3) is 5.91 Å². The number of methoxy groups -OCH3 is 1. The number of nitrogens with one attached hydrogen (secondary N) is 1. The van der Waals surface area contributed by atoms with Crippen molar-refractivity contribution in [1.82, 2.24) is 14.8 Å². The second kappa shape index (κ2) is 9.14. The van der Waals surface area contributed by atoms with Gasteiger partial charge in [-0.15, -0.1) is 0 Å². The van der Waals surface area contributed by atoms with Crippen molar-refractivity contribution < 1.29 is 19.1 Å². The summed E-state index contributed by atoms with van der Waals surface area (Å²) in [6.07, 6.45) is 2.67. The first-order valence-corrected chi connectivity index (χ1v) is 11.9. The Labute approximate surface area is 199 Å². The van der Waals surface area contributed by atoms with E-state index in [0.29, 0.717) is 31.7 Å². The molecule has 5 rings (SSSR count). The van der Waals surface area contributed by atoms with Crippen LogP contribution in [0.4, 0.5) is 0 Å². The van der Waals surface area contributed by atoms with Crippen LogP contribution in [0, 0.1) is 0 Å². The van der Waals surface area contributed by atoms with Crippen molar-refractivity contribution in [2.45, 2.75) is 44.4 Å². The van der Waals surface area contributed by atoms with Gasteiger partial charge in [-0.05, 0) is 49.9 Å². The highest BCUT2D eigenvalue weighted by molar-refractivity contribution is 6.03. The Kier molecular flexibility index (Phi) is 6.04. The molecule has 1 aromatic heterocycles. The molecule has 2 aliphatic rings. The number of carbonyl (C=O) groups excluding carboxylic acids is 2. The summed E-state index contributed by atoms with van der Waals surface area (Å²) in [6, 6.07) is 17.7. The maximum Gasteiger partial charge on any atom is 0.271 e. The van der Waals surface area contributed by atoms with Gasteiger partial charge in [0.15, 0.2) is 0 Å². The summed E-state index contributed by atoms with van der Waals surface area (Å²) < 4.78 is 13.1. The largest absolute Gasteiger partial charge is 0.497 e. The highest BCUT2D eigenvalue weighted by atomic mass is 16.5. The molecule has 34 heavy (non-hydrogen) atoms. The number of aromatic nitrogens is 1. The van der Waals surface area contributed by atoms with Crippen LogP contribution in [0.3, 0.4) is 0 Å². The smallest absolute Gasteiger partial charge is 0.271 e. The summed E-state index contributed by atoms with van der Waals surface area (Å²) in [7, 11) is 1.63. The van der Waals surface area contributed by atoms with Gasteiger partial charge >= 0.3 is 0 Å². The van der Waals surface area contributed by atoms with E-state index < -0.39 is 5.54 Å². The molecule has 0 unspecified atom stereocenters. The maximum absolute atomic E-state index is 13.8. The zero-order chi connectivity index (χ0) is 23.7. The number of carbonyl (C=O) groups is 2. The van der Waals surface area contributed by atoms with Crippen LogP contribution >= 0.6 is 0 Å². The van der Waals surface area contributed by atoms with Gasteiger partial charge < -0.3 is 24.3 Å². The quantitative estimate of drug-likeness (QED) is 0.585. The maximum atomic E-state index is 13.8. The molecule has 7 nitrogen and oxygen atoms in total. The number of hydrogen-bond donors (Lipinski definition) is 1. The van der Waals surface area contributed by atoms with Crippen LogP contribution in [0.15, 0.2) is 54.6 Å². The fourth-order valence-electron chi connectivity index (χ4n) is 5.09. The van der Waals surface area contributed by atoms with E-state index in [4.69, 9.17) is 9.47 Å². The summed E-state index contributed by atoms with van der Waals surface area (Å²) in [4.78, 5) is 29.2. The van der Waals surface area contributed by atoms with Crippen LogP contribution in [0.5, 0.6) is 5.75 Å². The van der Waals surface area contributed by atoms with E-state index in [-0.39, 0.29) is 17.9 Å². The SMILES string of the molecule is COc1ccc2cc3n(c2c1)C[C@@](C)(C(=O)NC[C@@H]1CCCO1)N(CCc1ccccc1)C3=O. The Hall–Kier alpha value is -3.32. The first-order chi connectivity index (χ1) is 16.5. The van der Waals surface area contributed by atoms with Crippen LogP contribution in [-0.4, -0.2) is 59.7 Å². The van der Waals surface area contributed by atoms with Crippen LogP contribution in [0.1, 0.15) is 35.8 Å². The molecule has 1 fully saturated rings. The molecule has 2 amide bonds.